The van der Waals surface area contributed by atoms with Gasteiger partial charge >= 0.3 is 0 Å². The average molecular weight is 471 g/mol. The summed E-state index contributed by atoms with van der Waals surface area (Å²) >= 11 is 1.45. The minimum Gasteiger partial charge on any atom is -0.495 e. The fourth-order valence-corrected chi connectivity index (χ4v) is 5.28. The molecular formula is C28H26N2O3S. The van der Waals surface area contributed by atoms with Gasteiger partial charge < -0.3 is 14.5 Å². The quantitative estimate of drug-likeness (QED) is 0.275. The van der Waals surface area contributed by atoms with Crippen LogP contribution in [0.4, 0.5) is 5.69 Å². The zero-order chi connectivity index (χ0) is 24.0. The number of methoxy groups -OCH3 is 1. The first-order valence-electron chi connectivity index (χ1n) is 11.2. The molecule has 0 spiro atoms. The molecule has 3 aromatic carbocycles. The van der Waals surface area contributed by atoms with Crippen LogP contribution in [0, 0.1) is 20.8 Å². The maximum atomic E-state index is 13.1. The van der Waals surface area contributed by atoms with Gasteiger partial charge in [0.25, 0.3) is 0 Å². The van der Waals surface area contributed by atoms with Gasteiger partial charge in [0.15, 0.2) is 0 Å². The third kappa shape index (κ3) is 3.99. The number of aromatic nitrogens is 1. The molecule has 1 amide bonds. The molecule has 5 aromatic rings. The number of hydrogen-bond acceptors (Lipinski definition) is 5. The van der Waals surface area contributed by atoms with Crippen LogP contribution in [0.25, 0.3) is 32.8 Å². The van der Waals surface area contributed by atoms with E-state index in [1.807, 2.05) is 43.3 Å². The Morgan fingerprint density at radius 2 is 1.76 bits per heavy atom. The van der Waals surface area contributed by atoms with Gasteiger partial charge in [-0.15, -0.1) is 0 Å². The number of anilines is 1. The molecule has 6 heteroatoms. The van der Waals surface area contributed by atoms with Crippen molar-refractivity contribution in [3.63, 3.8) is 0 Å². The molecular weight excluding hydrogens is 444 g/mol. The van der Waals surface area contributed by atoms with Gasteiger partial charge in [-0.25, -0.2) is 4.98 Å². The van der Waals surface area contributed by atoms with Gasteiger partial charge in [-0.3, -0.25) is 4.79 Å². The van der Waals surface area contributed by atoms with Crippen LogP contribution in [-0.2, 0) is 4.79 Å². The molecule has 0 aliphatic carbocycles. The normalized spacial score (nSPS) is 12.4. The molecule has 1 N–H and O–H groups in total. The van der Waals surface area contributed by atoms with Crippen molar-refractivity contribution in [1.29, 1.82) is 0 Å². The number of carbonyl (C=O) groups excluding carboxylic acids is 1. The minimum atomic E-state index is -0.355. The predicted octanol–water partition coefficient (Wildman–Crippen LogP) is 7.19. The number of hydrogen-bond donors (Lipinski definition) is 1. The van der Waals surface area contributed by atoms with Crippen molar-refractivity contribution in [2.75, 3.05) is 12.4 Å². The molecule has 0 fully saturated rings. The highest BCUT2D eigenvalue weighted by atomic mass is 32.2. The van der Waals surface area contributed by atoms with E-state index in [4.69, 9.17) is 14.1 Å². The molecule has 0 saturated carbocycles. The summed E-state index contributed by atoms with van der Waals surface area (Å²) in [6, 6.07) is 17.9. The highest BCUT2D eigenvalue weighted by Gasteiger charge is 2.20. The van der Waals surface area contributed by atoms with Crippen LogP contribution in [0.3, 0.4) is 0 Å². The Bertz CT molecular complexity index is 1570. The van der Waals surface area contributed by atoms with E-state index in [0.29, 0.717) is 17.0 Å². The lowest BCUT2D eigenvalue weighted by atomic mass is 10.0. The fourth-order valence-electron chi connectivity index (χ4n) is 4.36. The first kappa shape index (κ1) is 22.3. The second kappa shape index (κ2) is 8.69. The zero-order valence-electron chi connectivity index (χ0n) is 19.9. The Hall–Kier alpha value is -3.51. The van der Waals surface area contributed by atoms with Gasteiger partial charge in [-0.1, -0.05) is 41.6 Å². The summed E-state index contributed by atoms with van der Waals surface area (Å²) in [5.74, 6) is 0.467. The van der Waals surface area contributed by atoms with Crippen LogP contribution in [0.1, 0.15) is 23.6 Å². The van der Waals surface area contributed by atoms with Gasteiger partial charge in [-0.05, 0) is 63.1 Å². The minimum absolute atomic E-state index is 0.126. The van der Waals surface area contributed by atoms with Crippen LogP contribution in [0.2, 0.25) is 0 Å². The molecule has 0 aliphatic heterocycles. The molecule has 1 atom stereocenters. The molecule has 0 saturated heterocycles. The molecule has 2 aromatic heterocycles. The summed E-state index contributed by atoms with van der Waals surface area (Å²) in [4.78, 5) is 18.0. The molecule has 5 rings (SSSR count). The van der Waals surface area contributed by atoms with Gasteiger partial charge in [0.05, 0.1) is 28.6 Å². The highest BCUT2D eigenvalue weighted by Crippen LogP contribution is 2.37. The van der Waals surface area contributed by atoms with E-state index in [-0.39, 0.29) is 11.2 Å². The Kier molecular flexibility index (Phi) is 5.70. The second-order valence-electron chi connectivity index (χ2n) is 8.65. The topological polar surface area (TPSA) is 64.4 Å². The largest absolute Gasteiger partial charge is 0.495 e. The van der Waals surface area contributed by atoms with E-state index in [0.717, 1.165) is 43.4 Å². The van der Waals surface area contributed by atoms with Crippen molar-refractivity contribution in [2.45, 2.75) is 38.0 Å². The van der Waals surface area contributed by atoms with Gasteiger partial charge in [-0.2, -0.15) is 0 Å². The van der Waals surface area contributed by atoms with E-state index in [2.05, 4.69) is 44.3 Å². The molecule has 0 aliphatic rings. The van der Waals surface area contributed by atoms with Crippen LogP contribution >= 0.6 is 11.8 Å². The Labute approximate surface area is 202 Å². The molecule has 5 nitrogen and oxygen atoms in total. The van der Waals surface area contributed by atoms with Crippen molar-refractivity contribution < 1.29 is 13.9 Å². The predicted molar refractivity (Wildman–Crippen MR) is 140 cm³/mol. The fraction of sp³-hybridized carbons (Fsp3) is 0.214. The molecule has 34 heavy (non-hydrogen) atoms. The number of fused-ring (bicyclic) bond motifs is 4. The number of rotatable bonds is 5. The van der Waals surface area contributed by atoms with Crippen molar-refractivity contribution in [3.05, 3.63) is 71.3 Å². The summed E-state index contributed by atoms with van der Waals surface area (Å²) in [5.41, 5.74) is 6.59. The number of carbonyl (C=O) groups is 1. The summed E-state index contributed by atoms with van der Waals surface area (Å²) < 4.78 is 11.6. The lowest BCUT2D eigenvalue weighted by Gasteiger charge is -2.15. The first-order valence-corrected chi connectivity index (χ1v) is 12.1. The summed E-state index contributed by atoms with van der Waals surface area (Å²) in [6.07, 6.45) is 0. The number of pyridine rings is 1. The van der Waals surface area contributed by atoms with Gasteiger partial charge in [0, 0.05) is 22.2 Å². The number of thioether (sulfide) groups is 1. The molecule has 2 heterocycles. The monoisotopic (exact) mass is 470 g/mol. The van der Waals surface area contributed by atoms with E-state index in [9.17, 15) is 4.79 Å². The molecule has 172 valence electrons. The van der Waals surface area contributed by atoms with Crippen LogP contribution in [0.15, 0.2) is 64.0 Å². The van der Waals surface area contributed by atoms with E-state index < -0.39 is 0 Å². The number of ether oxygens (including phenoxy) is 1. The van der Waals surface area contributed by atoms with Crippen LogP contribution < -0.4 is 10.1 Å². The van der Waals surface area contributed by atoms with Crippen molar-refractivity contribution in [3.8, 4) is 5.75 Å². The Balaban J connectivity index is 1.41. The Morgan fingerprint density at radius 3 is 2.56 bits per heavy atom. The standard InChI is InChI=1S/C28H26N2O3S/c1-15-10-17(3)27-20(11-15)16(2)12-26(30-27)34-18(4)28(31)29-22-14-24-21(13-25(22)32-5)19-8-6-7-9-23(19)33-24/h6-14,18H,1-5H3,(H,29,31)/t18-/m0/s1. The number of benzene rings is 3. The third-order valence-corrected chi connectivity index (χ3v) is 7.07. The number of para-hydroxylation sites is 1. The first-order chi connectivity index (χ1) is 16.3. The van der Waals surface area contributed by atoms with Crippen molar-refractivity contribution in [1.82, 2.24) is 4.98 Å². The zero-order valence-corrected chi connectivity index (χ0v) is 20.7. The summed E-state index contributed by atoms with van der Waals surface area (Å²) in [7, 11) is 1.60. The maximum absolute atomic E-state index is 13.1. The lowest BCUT2D eigenvalue weighted by molar-refractivity contribution is -0.115. The number of aryl methyl sites for hydroxylation is 3. The lowest BCUT2D eigenvalue weighted by Crippen LogP contribution is -2.22. The second-order valence-corrected chi connectivity index (χ2v) is 10.0. The van der Waals surface area contributed by atoms with Gasteiger partial charge in [0.1, 0.15) is 16.9 Å². The summed E-state index contributed by atoms with van der Waals surface area (Å²) in [6.45, 7) is 8.14. The number of nitrogens with one attached hydrogen (secondary N) is 1. The molecule has 0 bridgehead atoms. The van der Waals surface area contributed by atoms with E-state index >= 15 is 0 Å². The van der Waals surface area contributed by atoms with E-state index in [1.54, 1.807) is 7.11 Å². The average Bonchev–Trinajstić information content (AvgIpc) is 3.16. The number of nitrogens with zero attached hydrogens (tertiary/aromatic N) is 1. The Morgan fingerprint density at radius 1 is 0.971 bits per heavy atom. The number of furan rings is 1. The highest BCUT2D eigenvalue weighted by molar-refractivity contribution is 8.00. The maximum Gasteiger partial charge on any atom is 0.237 e. The molecule has 0 unspecified atom stereocenters. The summed E-state index contributed by atoms with van der Waals surface area (Å²) in [5, 5.41) is 6.62. The van der Waals surface area contributed by atoms with E-state index in [1.165, 1.54) is 17.3 Å². The molecule has 0 radical (unpaired) electrons. The van der Waals surface area contributed by atoms with Crippen molar-refractivity contribution in [2.24, 2.45) is 0 Å². The van der Waals surface area contributed by atoms with Crippen LogP contribution in [0.5, 0.6) is 5.75 Å². The SMILES string of the molecule is COc1cc2c(cc1NC(=O)[C@H](C)Sc1cc(C)c3cc(C)cc(C)c3n1)oc1ccccc12. The van der Waals surface area contributed by atoms with Gasteiger partial charge in [0.2, 0.25) is 5.91 Å². The third-order valence-electron chi connectivity index (χ3n) is 6.06. The smallest absolute Gasteiger partial charge is 0.237 e. The van der Waals surface area contributed by atoms with Crippen LogP contribution in [-0.4, -0.2) is 23.3 Å². The van der Waals surface area contributed by atoms with Crippen molar-refractivity contribution >= 4 is 56.2 Å². The number of amides is 1.